The van der Waals surface area contributed by atoms with E-state index in [2.05, 4.69) is 20.4 Å². The molecule has 0 radical (unpaired) electrons. The maximum absolute atomic E-state index is 12.4. The second-order valence-corrected chi connectivity index (χ2v) is 6.67. The molecule has 0 saturated carbocycles. The molecular formula is C16H23F2N3O2S. The summed E-state index contributed by atoms with van der Waals surface area (Å²) in [5.74, 6) is 2.31. The van der Waals surface area contributed by atoms with Crippen molar-refractivity contribution in [2.24, 2.45) is 4.99 Å². The summed E-state index contributed by atoms with van der Waals surface area (Å²) in [5.41, 5.74) is -0.150. The Morgan fingerprint density at radius 1 is 1.42 bits per heavy atom. The Bertz CT molecular complexity index is 552. The minimum atomic E-state index is -2.87. The molecule has 1 aromatic carbocycles. The molecule has 1 aliphatic heterocycles. The summed E-state index contributed by atoms with van der Waals surface area (Å²) < 4.78 is 29.4. The molecule has 3 N–H and O–H groups in total. The number of aliphatic hydroxyl groups is 1. The number of halogens is 2. The first-order valence-electron chi connectivity index (χ1n) is 7.87. The van der Waals surface area contributed by atoms with Crippen LogP contribution in [0, 0.1) is 0 Å². The number of hydrogen-bond acceptors (Lipinski definition) is 4. The molecule has 0 aromatic heterocycles. The normalized spacial score (nSPS) is 21.1. The van der Waals surface area contributed by atoms with Crippen molar-refractivity contribution in [1.82, 2.24) is 10.6 Å². The van der Waals surface area contributed by atoms with Gasteiger partial charge in [-0.05, 0) is 25.2 Å². The van der Waals surface area contributed by atoms with Crippen molar-refractivity contribution in [3.8, 4) is 5.75 Å². The van der Waals surface area contributed by atoms with E-state index in [9.17, 15) is 13.9 Å². The van der Waals surface area contributed by atoms with Gasteiger partial charge in [-0.3, -0.25) is 0 Å². The molecule has 1 aliphatic rings. The Balaban J connectivity index is 2.00. The van der Waals surface area contributed by atoms with E-state index in [1.54, 1.807) is 30.0 Å². The van der Waals surface area contributed by atoms with Gasteiger partial charge in [0.15, 0.2) is 5.96 Å². The van der Waals surface area contributed by atoms with Crippen LogP contribution in [0.25, 0.3) is 0 Å². The fraction of sp³-hybridized carbons (Fsp3) is 0.562. The summed E-state index contributed by atoms with van der Waals surface area (Å²) in [6.45, 7) is 0.335. The van der Waals surface area contributed by atoms with E-state index in [1.807, 2.05) is 6.92 Å². The van der Waals surface area contributed by atoms with E-state index < -0.39 is 12.2 Å². The third kappa shape index (κ3) is 5.83. The summed E-state index contributed by atoms with van der Waals surface area (Å²) in [6, 6.07) is 6.59. The van der Waals surface area contributed by atoms with Crippen LogP contribution >= 0.6 is 11.8 Å². The highest BCUT2D eigenvalue weighted by Gasteiger charge is 2.31. The number of benzene rings is 1. The van der Waals surface area contributed by atoms with Gasteiger partial charge in [-0.25, -0.2) is 4.99 Å². The van der Waals surface area contributed by atoms with Crippen molar-refractivity contribution in [3.05, 3.63) is 29.8 Å². The van der Waals surface area contributed by atoms with Gasteiger partial charge in [0, 0.05) is 24.4 Å². The lowest BCUT2D eigenvalue weighted by Crippen LogP contribution is -2.47. The average molecular weight is 359 g/mol. The number of guanidine groups is 1. The van der Waals surface area contributed by atoms with Crippen LogP contribution in [-0.4, -0.2) is 47.9 Å². The van der Waals surface area contributed by atoms with Crippen LogP contribution in [0.2, 0.25) is 0 Å². The van der Waals surface area contributed by atoms with Crippen LogP contribution < -0.4 is 15.4 Å². The van der Waals surface area contributed by atoms with Gasteiger partial charge >= 0.3 is 6.61 Å². The maximum Gasteiger partial charge on any atom is 0.387 e. The van der Waals surface area contributed by atoms with Gasteiger partial charge in [0.2, 0.25) is 0 Å². The van der Waals surface area contributed by atoms with Crippen LogP contribution in [0.3, 0.4) is 0 Å². The molecule has 0 amide bonds. The Morgan fingerprint density at radius 3 is 2.88 bits per heavy atom. The van der Waals surface area contributed by atoms with Gasteiger partial charge in [0.1, 0.15) is 5.75 Å². The summed E-state index contributed by atoms with van der Waals surface area (Å²) in [5, 5.41) is 16.6. The summed E-state index contributed by atoms with van der Waals surface area (Å²) in [7, 11) is 0. The molecule has 1 atom stereocenters. The lowest BCUT2D eigenvalue weighted by Gasteiger charge is -2.23. The van der Waals surface area contributed by atoms with Gasteiger partial charge in [0.25, 0.3) is 0 Å². The average Bonchev–Trinajstić information content (AvgIpc) is 2.98. The van der Waals surface area contributed by atoms with E-state index >= 15 is 0 Å². The van der Waals surface area contributed by atoms with Crippen LogP contribution in [0.4, 0.5) is 8.78 Å². The number of ether oxygens (including phenoxy) is 1. The molecule has 0 aliphatic carbocycles. The molecule has 1 unspecified atom stereocenters. The number of aliphatic imine (C=N–C) groups is 1. The molecule has 5 nitrogen and oxygen atoms in total. The third-order valence-corrected chi connectivity index (χ3v) is 4.84. The SMILES string of the molecule is CCNC(=NCc1ccccc1OC(F)F)NCC1(O)CCSC1. The van der Waals surface area contributed by atoms with Crippen LogP contribution in [0.5, 0.6) is 5.75 Å². The molecule has 134 valence electrons. The zero-order chi connectivity index (χ0) is 17.4. The molecule has 2 rings (SSSR count). The maximum atomic E-state index is 12.4. The molecule has 1 saturated heterocycles. The second kappa shape index (κ2) is 9.08. The zero-order valence-corrected chi connectivity index (χ0v) is 14.4. The summed E-state index contributed by atoms with van der Waals surface area (Å²) in [6.07, 6.45) is 0.745. The van der Waals surface area contributed by atoms with Gasteiger partial charge in [-0.2, -0.15) is 20.5 Å². The fourth-order valence-corrected chi connectivity index (χ4v) is 3.63. The van der Waals surface area contributed by atoms with Crippen molar-refractivity contribution < 1.29 is 18.6 Å². The monoisotopic (exact) mass is 359 g/mol. The Hall–Kier alpha value is -1.54. The number of nitrogens with one attached hydrogen (secondary N) is 2. The van der Waals surface area contributed by atoms with Crippen LogP contribution in [0.15, 0.2) is 29.3 Å². The van der Waals surface area contributed by atoms with E-state index in [0.717, 1.165) is 12.2 Å². The minimum absolute atomic E-state index is 0.123. The van der Waals surface area contributed by atoms with Gasteiger partial charge in [-0.15, -0.1) is 0 Å². The lowest BCUT2D eigenvalue weighted by molar-refractivity contribution is -0.0504. The number of alkyl halides is 2. The smallest absolute Gasteiger partial charge is 0.387 e. The predicted octanol–water partition coefficient (Wildman–Crippen LogP) is 2.21. The molecule has 1 fully saturated rings. The third-order valence-electron chi connectivity index (χ3n) is 3.61. The van der Waals surface area contributed by atoms with Gasteiger partial charge in [0.05, 0.1) is 12.1 Å². The Morgan fingerprint density at radius 2 is 2.21 bits per heavy atom. The molecule has 8 heteroatoms. The summed E-state index contributed by atoms with van der Waals surface area (Å²) in [4.78, 5) is 4.40. The summed E-state index contributed by atoms with van der Waals surface area (Å²) >= 11 is 1.73. The van der Waals surface area contributed by atoms with E-state index in [0.29, 0.717) is 30.4 Å². The van der Waals surface area contributed by atoms with Crippen molar-refractivity contribution in [2.75, 3.05) is 24.6 Å². The highest BCUT2D eigenvalue weighted by atomic mass is 32.2. The first-order valence-corrected chi connectivity index (χ1v) is 9.03. The van der Waals surface area contributed by atoms with Crippen molar-refractivity contribution in [2.45, 2.75) is 32.1 Å². The van der Waals surface area contributed by atoms with Crippen LogP contribution in [-0.2, 0) is 6.54 Å². The first kappa shape index (κ1) is 18.8. The molecule has 0 spiro atoms. The van der Waals surface area contributed by atoms with Crippen molar-refractivity contribution in [1.29, 1.82) is 0 Å². The van der Waals surface area contributed by atoms with Crippen molar-refractivity contribution in [3.63, 3.8) is 0 Å². The van der Waals surface area contributed by atoms with E-state index in [-0.39, 0.29) is 12.3 Å². The second-order valence-electron chi connectivity index (χ2n) is 5.56. The first-order chi connectivity index (χ1) is 11.5. The molecule has 0 bridgehead atoms. The number of nitrogens with zero attached hydrogens (tertiary/aromatic N) is 1. The van der Waals surface area contributed by atoms with E-state index in [1.165, 1.54) is 6.07 Å². The molecule has 24 heavy (non-hydrogen) atoms. The quantitative estimate of drug-likeness (QED) is 0.515. The van der Waals surface area contributed by atoms with Gasteiger partial charge < -0.3 is 20.5 Å². The zero-order valence-electron chi connectivity index (χ0n) is 13.6. The molecule has 1 heterocycles. The number of para-hydroxylation sites is 1. The molecule has 1 aromatic rings. The van der Waals surface area contributed by atoms with Crippen molar-refractivity contribution >= 4 is 17.7 Å². The molecular weight excluding hydrogens is 336 g/mol. The van der Waals surface area contributed by atoms with Crippen LogP contribution in [0.1, 0.15) is 18.9 Å². The highest BCUT2D eigenvalue weighted by molar-refractivity contribution is 7.99. The fourth-order valence-electron chi connectivity index (χ4n) is 2.34. The largest absolute Gasteiger partial charge is 0.434 e. The van der Waals surface area contributed by atoms with Gasteiger partial charge in [-0.1, -0.05) is 18.2 Å². The Kier molecular flexibility index (Phi) is 7.11. The number of thioether (sulfide) groups is 1. The standard InChI is InChI=1S/C16H23F2N3O2S/c1-2-19-15(21-10-16(22)7-8-24-11-16)20-9-12-5-3-4-6-13(12)23-14(17)18/h3-6,14,22H,2,7-11H2,1H3,(H2,19,20,21). The number of rotatable bonds is 7. The Labute approximate surface area is 144 Å². The predicted molar refractivity (Wildman–Crippen MR) is 92.8 cm³/mol. The lowest BCUT2D eigenvalue weighted by atomic mass is 10.0. The number of hydrogen-bond donors (Lipinski definition) is 3. The minimum Gasteiger partial charge on any atom is -0.434 e. The van der Waals surface area contributed by atoms with E-state index in [4.69, 9.17) is 0 Å². The highest BCUT2D eigenvalue weighted by Crippen LogP contribution is 2.27. The topological polar surface area (TPSA) is 65.9 Å².